The molecule has 1 fully saturated rings. The highest BCUT2D eigenvalue weighted by Gasteiger charge is 2.29. The van der Waals surface area contributed by atoms with Gasteiger partial charge in [-0.15, -0.1) is 0 Å². The topological polar surface area (TPSA) is 55.9 Å². The summed E-state index contributed by atoms with van der Waals surface area (Å²) in [6, 6.07) is 32.6. The molecule has 0 spiro atoms. The number of hydrogen-bond acceptors (Lipinski definition) is 5. The molecule has 0 aromatic heterocycles. The Kier molecular flexibility index (Phi) is 9.79. The van der Waals surface area contributed by atoms with Gasteiger partial charge in [0.1, 0.15) is 0 Å². The predicted molar refractivity (Wildman–Crippen MR) is 184 cm³/mol. The summed E-state index contributed by atoms with van der Waals surface area (Å²) in [6.07, 6.45) is 1.93. The van der Waals surface area contributed by atoms with Crippen LogP contribution < -0.4 is 10.2 Å². The van der Waals surface area contributed by atoms with Crippen LogP contribution in [0.15, 0.2) is 107 Å². The molecule has 6 rings (SSSR count). The molecule has 0 aliphatic carbocycles. The predicted octanol–water partition coefficient (Wildman–Crippen LogP) is 6.53. The van der Waals surface area contributed by atoms with Crippen LogP contribution in [-0.2, 0) is 17.9 Å². The van der Waals surface area contributed by atoms with Crippen LogP contribution in [0.4, 0.5) is 5.69 Å². The summed E-state index contributed by atoms with van der Waals surface area (Å²) in [5.74, 6) is -0.0870. The van der Waals surface area contributed by atoms with Crippen LogP contribution in [0.5, 0.6) is 0 Å². The third-order valence-electron chi connectivity index (χ3n) is 8.56. The van der Waals surface area contributed by atoms with Crippen molar-refractivity contribution in [3.8, 4) is 0 Å². The Morgan fingerprint density at radius 3 is 2.31 bits per heavy atom. The number of nitrogens with zero attached hydrogens (tertiary/aromatic N) is 3. The Labute approximate surface area is 270 Å². The van der Waals surface area contributed by atoms with Gasteiger partial charge in [0.05, 0.1) is 17.1 Å². The van der Waals surface area contributed by atoms with Gasteiger partial charge in [-0.1, -0.05) is 90.1 Å². The lowest BCUT2D eigenvalue weighted by atomic mass is 10.0. The van der Waals surface area contributed by atoms with Crippen LogP contribution in [0.2, 0.25) is 0 Å². The number of benzene rings is 4. The van der Waals surface area contributed by atoms with Gasteiger partial charge in [-0.2, -0.15) is 0 Å². The molecule has 6 nitrogen and oxygen atoms in total. The standard InChI is InChI=1S/C38H40N4O2S/c1-28-12-13-29(2)33(24-28)27-42-34-10-6-7-11-35(34)45-36(38(42)44)25-30-14-16-32(17-15-30)37(43)39-18-19-40-20-22-41(23-21-40)26-31-8-4-3-5-9-31/h3-17,24-25H,18-23,26-27H2,1-2H3,(H,39,43). The number of piperazine rings is 1. The molecule has 1 saturated heterocycles. The second kappa shape index (κ2) is 14.3. The average molecular weight is 617 g/mol. The van der Waals surface area contributed by atoms with Crippen molar-refractivity contribution in [2.24, 2.45) is 0 Å². The molecule has 1 N–H and O–H groups in total. The first-order valence-electron chi connectivity index (χ1n) is 15.7. The lowest BCUT2D eigenvalue weighted by Crippen LogP contribution is -2.48. The van der Waals surface area contributed by atoms with Crippen molar-refractivity contribution in [3.63, 3.8) is 0 Å². The maximum absolute atomic E-state index is 13.8. The molecule has 7 heteroatoms. The number of carbonyl (C=O) groups excluding carboxylic acids is 2. The van der Waals surface area contributed by atoms with Crippen LogP contribution in [0.1, 0.15) is 38.2 Å². The van der Waals surface area contributed by atoms with Gasteiger partial charge >= 0.3 is 0 Å². The fraction of sp³-hybridized carbons (Fsp3) is 0.263. The summed E-state index contributed by atoms with van der Waals surface area (Å²) in [5, 5.41) is 3.08. The van der Waals surface area contributed by atoms with Crippen LogP contribution in [-0.4, -0.2) is 60.9 Å². The van der Waals surface area contributed by atoms with E-state index in [-0.39, 0.29) is 11.8 Å². The number of thioether (sulfide) groups is 1. The van der Waals surface area contributed by atoms with Gasteiger partial charge < -0.3 is 10.2 Å². The molecule has 2 amide bonds. The lowest BCUT2D eigenvalue weighted by Gasteiger charge is -2.34. The SMILES string of the molecule is Cc1ccc(C)c(CN2C(=O)C(=Cc3ccc(C(=O)NCCN4CCN(Cc5ccccc5)CC4)cc3)Sc3ccccc32)c1. The number of nitrogens with one attached hydrogen (secondary N) is 1. The minimum Gasteiger partial charge on any atom is -0.351 e. The highest BCUT2D eigenvalue weighted by atomic mass is 32.2. The Morgan fingerprint density at radius 2 is 1.53 bits per heavy atom. The average Bonchev–Trinajstić information content (AvgIpc) is 3.06. The summed E-state index contributed by atoms with van der Waals surface area (Å²) < 4.78 is 0. The number of anilines is 1. The fourth-order valence-corrected chi connectivity index (χ4v) is 6.94. The van der Waals surface area contributed by atoms with Crippen LogP contribution in [0.25, 0.3) is 6.08 Å². The molecular weight excluding hydrogens is 577 g/mol. The fourth-order valence-electron chi connectivity index (χ4n) is 5.88. The first-order chi connectivity index (χ1) is 21.9. The second-order valence-corrected chi connectivity index (χ2v) is 13.0. The van der Waals surface area contributed by atoms with Gasteiger partial charge in [0, 0.05) is 56.3 Å². The first-order valence-corrected chi connectivity index (χ1v) is 16.5. The molecule has 230 valence electrons. The van der Waals surface area contributed by atoms with E-state index >= 15 is 0 Å². The van der Waals surface area contributed by atoms with E-state index in [4.69, 9.17) is 0 Å². The van der Waals surface area contributed by atoms with Gasteiger partial charge in [0.25, 0.3) is 11.8 Å². The van der Waals surface area contributed by atoms with Crippen molar-refractivity contribution >= 4 is 35.3 Å². The van der Waals surface area contributed by atoms with Crippen molar-refractivity contribution in [1.29, 1.82) is 0 Å². The maximum atomic E-state index is 13.8. The van der Waals surface area contributed by atoms with Crippen LogP contribution in [0, 0.1) is 13.8 Å². The minimum absolute atomic E-state index is 0.0117. The Bertz CT molecular complexity index is 1680. The molecule has 0 unspecified atom stereocenters. The van der Waals surface area contributed by atoms with E-state index in [1.54, 1.807) is 0 Å². The number of hydrogen-bond donors (Lipinski definition) is 1. The van der Waals surface area contributed by atoms with Crippen molar-refractivity contribution < 1.29 is 9.59 Å². The second-order valence-electron chi connectivity index (χ2n) is 11.9. The Morgan fingerprint density at radius 1 is 0.822 bits per heavy atom. The van der Waals surface area contributed by atoms with Gasteiger partial charge in [-0.25, -0.2) is 0 Å². The molecule has 2 aliphatic heterocycles. The molecule has 0 atom stereocenters. The molecular formula is C38H40N4O2S. The van der Waals surface area contributed by atoms with E-state index in [9.17, 15) is 9.59 Å². The quantitative estimate of drug-likeness (QED) is 0.217. The molecule has 4 aromatic carbocycles. The summed E-state index contributed by atoms with van der Waals surface area (Å²) in [7, 11) is 0. The summed E-state index contributed by atoms with van der Waals surface area (Å²) in [4.78, 5) is 35.2. The summed E-state index contributed by atoms with van der Waals surface area (Å²) >= 11 is 1.50. The molecule has 2 aliphatic rings. The van der Waals surface area contributed by atoms with Crippen LogP contribution in [0.3, 0.4) is 0 Å². The van der Waals surface area contributed by atoms with Crippen molar-refractivity contribution in [2.45, 2.75) is 31.8 Å². The van der Waals surface area contributed by atoms with E-state index in [1.807, 2.05) is 53.4 Å². The van der Waals surface area contributed by atoms with Crippen molar-refractivity contribution in [1.82, 2.24) is 15.1 Å². The van der Waals surface area contributed by atoms with Gasteiger partial charge in [-0.3, -0.25) is 19.4 Å². The zero-order valence-corrected chi connectivity index (χ0v) is 26.9. The molecule has 2 heterocycles. The third kappa shape index (κ3) is 7.74. The van der Waals surface area contributed by atoms with E-state index < -0.39 is 0 Å². The molecule has 45 heavy (non-hydrogen) atoms. The molecule has 0 saturated carbocycles. The summed E-state index contributed by atoms with van der Waals surface area (Å²) in [6.45, 7) is 11.2. The highest BCUT2D eigenvalue weighted by molar-refractivity contribution is 8.04. The normalized spacial score (nSPS) is 16.5. The number of carbonyl (C=O) groups is 2. The monoisotopic (exact) mass is 616 g/mol. The van der Waals surface area contributed by atoms with E-state index in [1.165, 1.54) is 28.5 Å². The molecule has 4 aromatic rings. The number of para-hydroxylation sites is 1. The third-order valence-corrected chi connectivity index (χ3v) is 9.64. The van der Waals surface area contributed by atoms with E-state index in [0.717, 1.165) is 61.0 Å². The van der Waals surface area contributed by atoms with Gasteiger partial charge in [-0.05, 0) is 66.4 Å². The number of amides is 2. The van der Waals surface area contributed by atoms with E-state index in [0.29, 0.717) is 23.6 Å². The smallest absolute Gasteiger partial charge is 0.265 e. The van der Waals surface area contributed by atoms with E-state index in [2.05, 4.69) is 83.6 Å². The number of fused-ring (bicyclic) bond motifs is 1. The largest absolute Gasteiger partial charge is 0.351 e. The summed E-state index contributed by atoms with van der Waals surface area (Å²) in [5.41, 5.74) is 7.29. The zero-order chi connectivity index (χ0) is 31.2. The zero-order valence-electron chi connectivity index (χ0n) is 26.0. The Hall–Kier alpha value is -4.17. The van der Waals surface area contributed by atoms with Crippen molar-refractivity contribution in [2.75, 3.05) is 44.2 Å². The Balaban J connectivity index is 1.04. The minimum atomic E-state index is -0.0753. The van der Waals surface area contributed by atoms with Gasteiger partial charge in [0.15, 0.2) is 0 Å². The van der Waals surface area contributed by atoms with Crippen molar-refractivity contribution in [3.05, 3.63) is 135 Å². The van der Waals surface area contributed by atoms with Gasteiger partial charge in [0.2, 0.25) is 0 Å². The number of aryl methyl sites for hydroxylation is 2. The number of rotatable bonds is 9. The highest BCUT2D eigenvalue weighted by Crippen LogP contribution is 2.42. The molecule has 0 bridgehead atoms. The molecule has 0 radical (unpaired) electrons. The lowest BCUT2D eigenvalue weighted by molar-refractivity contribution is -0.114. The first kappa shape index (κ1) is 30.8. The maximum Gasteiger partial charge on any atom is 0.265 e. The van der Waals surface area contributed by atoms with Crippen LogP contribution >= 0.6 is 11.8 Å².